The highest BCUT2D eigenvalue weighted by Crippen LogP contribution is 2.16. The monoisotopic (exact) mass is 173 g/mol. The molecule has 0 amide bonds. The number of aryl methyl sites for hydroxylation is 2. The SMILES string of the molecule is C/C=[C]/c1c(CC)cccc1CC. The first-order valence-corrected chi connectivity index (χ1v) is 4.98. The van der Waals surface area contributed by atoms with Crippen molar-refractivity contribution in [3.63, 3.8) is 0 Å². The van der Waals surface area contributed by atoms with Crippen molar-refractivity contribution >= 4 is 0 Å². The fourth-order valence-electron chi connectivity index (χ4n) is 1.57. The molecule has 0 nitrogen and oxygen atoms in total. The van der Waals surface area contributed by atoms with Crippen molar-refractivity contribution in [2.45, 2.75) is 33.6 Å². The van der Waals surface area contributed by atoms with E-state index in [4.69, 9.17) is 0 Å². The van der Waals surface area contributed by atoms with Gasteiger partial charge in [-0.25, -0.2) is 0 Å². The predicted molar refractivity (Wildman–Crippen MR) is 57.8 cm³/mol. The highest BCUT2D eigenvalue weighted by atomic mass is 14.1. The van der Waals surface area contributed by atoms with Gasteiger partial charge in [-0.3, -0.25) is 0 Å². The van der Waals surface area contributed by atoms with E-state index in [1.807, 2.05) is 13.0 Å². The number of allylic oxidation sites excluding steroid dienone is 1. The van der Waals surface area contributed by atoms with E-state index < -0.39 is 0 Å². The van der Waals surface area contributed by atoms with E-state index in [9.17, 15) is 0 Å². The van der Waals surface area contributed by atoms with E-state index in [0.29, 0.717) is 0 Å². The second-order valence-electron chi connectivity index (χ2n) is 3.09. The Labute approximate surface area is 81.3 Å². The van der Waals surface area contributed by atoms with Gasteiger partial charge < -0.3 is 0 Å². The van der Waals surface area contributed by atoms with Crippen LogP contribution in [-0.4, -0.2) is 0 Å². The molecule has 0 aromatic heterocycles. The van der Waals surface area contributed by atoms with E-state index in [1.54, 1.807) is 0 Å². The fourth-order valence-corrected chi connectivity index (χ4v) is 1.57. The molecule has 1 rings (SSSR count). The van der Waals surface area contributed by atoms with Crippen LogP contribution in [0.3, 0.4) is 0 Å². The molecule has 0 aliphatic heterocycles. The van der Waals surface area contributed by atoms with Crippen molar-refractivity contribution in [3.05, 3.63) is 47.0 Å². The summed E-state index contributed by atoms with van der Waals surface area (Å²) in [5.74, 6) is 0. The van der Waals surface area contributed by atoms with Crippen LogP contribution >= 0.6 is 0 Å². The first kappa shape index (κ1) is 10.0. The highest BCUT2D eigenvalue weighted by molar-refractivity contribution is 5.39. The smallest absolute Gasteiger partial charge is 0.0117 e. The molecule has 0 heteroatoms. The third-order valence-corrected chi connectivity index (χ3v) is 2.29. The summed E-state index contributed by atoms with van der Waals surface area (Å²) in [6, 6.07) is 6.51. The van der Waals surface area contributed by atoms with E-state index in [2.05, 4.69) is 38.1 Å². The van der Waals surface area contributed by atoms with Crippen molar-refractivity contribution < 1.29 is 0 Å². The van der Waals surface area contributed by atoms with Gasteiger partial charge in [-0.05, 0) is 42.5 Å². The molecule has 1 aromatic carbocycles. The maximum atomic E-state index is 3.32. The van der Waals surface area contributed by atoms with Crippen molar-refractivity contribution in [2.24, 2.45) is 0 Å². The van der Waals surface area contributed by atoms with Gasteiger partial charge in [0.05, 0.1) is 0 Å². The normalized spacial score (nSPS) is 11.0. The van der Waals surface area contributed by atoms with Gasteiger partial charge in [0.2, 0.25) is 0 Å². The molecule has 0 saturated heterocycles. The van der Waals surface area contributed by atoms with Crippen LogP contribution in [0.15, 0.2) is 24.3 Å². The van der Waals surface area contributed by atoms with Gasteiger partial charge in [-0.2, -0.15) is 0 Å². The molecular formula is C13H17. The molecular weight excluding hydrogens is 156 g/mol. The minimum absolute atomic E-state index is 1.09. The highest BCUT2D eigenvalue weighted by Gasteiger charge is 2.01. The van der Waals surface area contributed by atoms with Crippen LogP contribution in [-0.2, 0) is 12.8 Å². The van der Waals surface area contributed by atoms with Crippen molar-refractivity contribution in [2.75, 3.05) is 0 Å². The van der Waals surface area contributed by atoms with E-state index in [1.165, 1.54) is 16.7 Å². The lowest BCUT2D eigenvalue weighted by molar-refractivity contribution is 1.06. The molecule has 1 aromatic rings. The number of hydrogen-bond donors (Lipinski definition) is 0. The van der Waals surface area contributed by atoms with Gasteiger partial charge in [0.25, 0.3) is 0 Å². The predicted octanol–water partition coefficient (Wildman–Crippen LogP) is 3.54. The second kappa shape index (κ2) is 4.86. The van der Waals surface area contributed by atoms with E-state index in [-0.39, 0.29) is 0 Å². The number of benzene rings is 1. The van der Waals surface area contributed by atoms with Crippen LogP contribution in [0.2, 0.25) is 0 Å². The first-order valence-electron chi connectivity index (χ1n) is 4.98. The van der Waals surface area contributed by atoms with E-state index in [0.717, 1.165) is 12.8 Å². The molecule has 0 atom stereocenters. The van der Waals surface area contributed by atoms with Gasteiger partial charge in [-0.1, -0.05) is 38.1 Å². The molecule has 0 spiro atoms. The number of hydrogen-bond acceptors (Lipinski definition) is 0. The summed E-state index contributed by atoms with van der Waals surface area (Å²) in [6.45, 7) is 6.40. The Hall–Kier alpha value is -1.04. The third kappa shape index (κ3) is 2.21. The molecule has 0 unspecified atom stereocenters. The Kier molecular flexibility index (Phi) is 3.75. The van der Waals surface area contributed by atoms with Crippen molar-refractivity contribution in [1.29, 1.82) is 0 Å². The molecule has 0 aliphatic rings. The van der Waals surface area contributed by atoms with Crippen LogP contribution in [0.1, 0.15) is 37.5 Å². The summed E-state index contributed by atoms with van der Waals surface area (Å²) in [5, 5.41) is 0. The summed E-state index contributed by atoms with van der Waals surface area (Å²) in [5.41, 5.74) is 4.10. The Bertz CT molecular complexity index is 273. The molecule has 69 valence electrons. The molecule has 0 saturated carbocycles. The zero-order valence-corrected chi connectivity index (χ0v) is 8.72. The minimum atomic E-state index is 1.09. The summed E-state index contributed by atoms with van der Waals surface area (Å²) in [6.07, 6.45) is 7.49. The lowest BCUT2D eigenvalue weighted by Gasteiger charge is -2.07. The molecule has 0 bridgehead atoms. The molecule has 0 aliphatic carbocycles. The average Bonchev–Trinajstić information content (AvgIpc) is 2.18. The Balaban J connectivity index is 3.21. The zero-order chi connectivity index (χ0) is 9.68. The second-order valence-corrected chi connectivity index (χ2v) is 3.09. The summed E-state index contributed by atoms with van der Waals surface area (Å²) in [4.78, 5) is 0. The van der Waals surface area contributed by atoms with Gasteiger partial charge in [0, 0.05) is 0 Å². The lowest BCUT2D eigenvalue weighted by Crippen LogP contribution is -1.93. The molecule has 13 heavy (non-hydrogen) atoms. The molecule has 1 radical (unpaired) electrons. The van der Waals surface area contributed by atoms with E-state index >= 15 is 0 Å². The maximum Gasteiger partial charge on any atom is -0.0117 e. The van der Waals surface area contributed by atoms with Gasteiger partial charge in [-0.15, -0.1) is 0 Å². The van der Waals surface area contributed by atoms with Gasteiger partial charge in [0.15, 0.2) is 0 Å². The lowest BCUT2D eigenvalue weighted by atomic mass is 9.97. The van der Waals surface area contributed by atoms with Crippen LogP contribution < -0.4 is 0 Å². The Morgan fingerprint density at radius 1 is 1.15 bits per heavy atom. The molecule has 0 heterocycles. The Morgan fingerprint density at radius 2 is 1.69 bits per heavy atom. The summed E-state index contributed by atoms with van der Waals surface area (Å²) < 4.78 is 0. The van der Waals surface area contributed by atoms with Crippen molar-refractivity contribution in [1.82, 2.24) is 0 Å². The molecule has 0 N–H and O–H groups in total. The van der Waals surface area contributed by atoms with Crippen LogP contribution in [0.5, 0.6) is 0 Å². The largest absolute Gasteiger partial charge is 0.0791 e. The third-order valence-electron chi connectivity index (χ3n) is 2.29. The van der Waals surface area contributed by atoms with Crippen LogP contribution in [0.4, 0.5) is 0 Å². The fraction of sp³-hybridized carbons (Fsp3) is 0.385. The topological polar surface area (TPSA) is 0 Å². The maximum absolute atomic E-state index is 3.32. The molecule has 0 fully saturated rings. The summed E-state index contributed by atoms with van der Waals surface area (Å²) in [7, 11) is 0. The number of rotatable bonds is 3. The van der Waals surface area contributed by atoms with Gasteiger partial charge in [0.1, 0.15) is 0 Å². The zero-order valence-electron chi connectivity index (χ0n) is 8.72. The van der Waals surface area contributed by atoms with Crippen molar-refractivity contribution in [3.8, 4) is 0 Å². The average molecular weight is 173 g/mol. The summed E-state index contributed by atoms with van der Waals surface area (Å²) >= 11 is 0. The quantitative estimate of drug-likeness (QED) is 0.656. The minimum Gasteiger partial charge on any atom is -0.0791 e. The van der Waals surface area contributed by atoms with Crippen LogP contribution in [0, 0.1) is 6.08 Å². The first-order chi connectivity index (χ1) is 6.33. The van der Waals surface area contributed by atoms with Crippen LogP contribution in [0.25, 0.3) is 0 Å². The Morgan fingerprint density at radius 3 is 2.08 bits per heavy atom. The standard InChI is InChI=1S/C13H17/c1-4-8-13-11(5-2)9-7-10-12(13)6-3/h4,7,9-10H,5-6H2,1-3H3. The van der Waals surface area contributed by atoms with Gasteiger partial charge >= 0.3 is 0 Å².